The lowest BCUT2D eigenvalue weighted by atomic mass is 9.80. The molecule has 28 heavy (non-hydrogen) atoms. The van der Waals surface area contributed by atoms with Crippen molar-refractivity contribution in [3.63, 3.8) is 0 Å². The molecule has 4 heterocycles. The molecule has 3 aliphatic rings. The molecule has 6 rings (SSSR count). The average Bonchev–Trinajstić information content (AvgIpc) is 3.28. The van der Waals surface area contributed by atoms with Gasteiger partial charge in [0.2, 0.25) is 5.43 Å². The zero-order valence-corrected chi connectivity index (χ0v) is 15.7. The van der Waals surface area contributed by atoms with E-state index in [2.05, 4.69) is 20.8 Å². The lowest BCUT2D eigenvalue weighted by molar-refractivity contribution is 0.0731. The second-order valence-corrected chi connectivity index (χ2v) is 8.30. The van der Waals surface area contributed by atoms with Crippen LogP contribution in [0.4, 0.5) is 0 Å². The molecule has 6 heteroatoms. The van der Waals surface area contributed by atoms with Crippen molar-refractivity contribution in [1.82, 2.24) is 19.7 Å². The number of fused-ring (bicyclic) bond motifs is 1. The Morgan fingerprint density at radius 1 is 1.18 bits per heavy atom. The number of rotatable bonds is 2. The molecule has 0 unspecified atom stereocenters. The summed E-state index contributed by atoms with van der Waals surface area (Å²) in [6.45, 7) is 2.00. The van der Waals surface area contributed by atoms with Gasteiger partial charge in [-0.2, -0.15) is 5.10 Å². The first-order valence-electron chi connectivity index (χ1n) is 10.2. The molecule has 1 fully saturated rings. The van der Waals surface area contributed by atoms with Crippen LogP contribution in [0.25, 0.3) is 10.9 Å². The van der Waals surface area contributed by atoms with Crippen LogP contribution < -0.4 is 5.43 Å². The van der Waals surface area contributed by atoms with Gasteiger partial charge >= 0.3 is 0 Å². The number of nitrogens with one attached hydrogen (secondary N) is 1. The van der Waals surface area contributed by atoms with Gasteiger partial charge in [0, 0.05) is 54.8 Å². The number of para-hydroxylation sites is 1. The molecular formula is C22H22N4O2. The summed E-state index contributed by atoms with van der Waals surface area (Å²) in [6.07, 6.45) is 7.09. The molecule has 0 bridgehead atoms. The molecule has 6 nitrogen and oxygen atoms in total. The fourth-order valence-corrected chi connectivity index (χ4v) is 4.99. The molecule has 1 saturated carbocycles. The highest BCUT2D eigenvalue weighted by molar-refractivity contribution is 5.98. The van der Waals surface area contributed by atoms with E-state index in [1.165, 1.54) is 30.4 Å². The van der Waals surface area contributed by atoms with Gasteiger partial charge in [0.1, 0.15) is 5.56 Å². The number of hydrogen-bond acceptors (Lipinski definition) is 3. The van der Waals surface area contributed by atoms with Gasteiger partial charge in [-0.05, 0) is 30.9 Å². The first-order chi connectivity index (χ1) is 13.7. The summed E-state index contributed by atoms with van der Waals surface area (Å²) in [6, 6.07) is 5.84. The van der Waals surface area contributed by atoms with Crippen molar-refractivity contribution in [2.24, 2.45) is 0 Å². The summed E-state index contributed by atoms with van der Waals surface area (Å²) in [5.41, 5.74) is 5.81. The van der Waals surface area contributed by atoms with Crippen LogP contribution in [0.15, 0.2) is 29.2 Å². The number of aromatic nitrogens is 3. The van der Waals surface area contributed by atoms with Gasteiger partial charge in [0.05, 0.1) is 11.2 Å². The highest BCUT2D eigenvalue weighted by Gasteiger charge is 2.32. The highest BCUT2D eigenvalue weighted by Crippen LogP contribution is 2.39. The summed E-state index contributed by atoms with van der Waals surface area (Å²) in [5, 5.41) is 8.40. The van der Waals surface area contributed by atoms with Crippen molar-refractivity contribution in [2.75, 3.05) is 6.54 Å². The summed E-state index contributed by atoms with van der Waals surface area (Å²) in [5.74, 6) is 0.375. The normalized spacial score (nSPS) is 18.4. The Morgan fingerprint density at radius 2 is 2.07 bits per heavy atom. The second-order valence-electron chi connectivity index (χ2n) is 8.30. The number of nitrogens with zero attached hydrogens (tertiary/aromatic N) is 3. The minimum absolute atomic E-state index is 0.141. The van der Waals surface area contributed by atoms with Gasteiger partial charge in [0.25, 0.3) is 5.91 Å². The molecule has 1 aromatic carbocycles. The van der Waals surface area contributed by atoms with E-state index in [0.717, 1.165) is 36.3 Å². The van der Waals surface area contributed by atoms with E-state index in [9.17, 15) is 9.59 Å². The number of pyridine rings is 1. The van der Waals surface area contributed by atoms with Gasteiger partial charge < -0.3 is 9.47 Å². The molecule has 2 aliphatic heterocycles. The third-order valence-corrected chi connectivity index (χ3v) is 6.78. The SMILES string of the molecule is O=C(c1cn2c3c(cccc3c1=O)CC2)N1CCc2[nH]nc(C3CCC3)c2C1. The number of carbonyl (C=O) groups excluding carboxylic acids is 1. The number of carbonyl (C=O) groups is 1. The third kappa shape index (κ3) is 2.17. The maximum absolute atomic E-state index is 13.3. The van der Waals surface area contributed by atoms with E-state index in [4.69, 9.17) is 0 Å². The Morgan fingerprint density at radius 3 is 2.89 bits per heavy atom. The van der Waals surface area contributed by atoms with Crippen molar-refractivity contribution in [3.8, 4) is 0 Å². The minimum Gasteiger partial charge on any atom is -0.346 e. The molecule has 1 N–H and O–H groups in total. The molecule has 2 aromatic heterocycles. The van der Waals surface area contributed by atoms with Crippen molar-refractivity contribution in [2.45, 2.75) is 51.1 Å². The van der Waals surface area contributed by atoms with Crippen LogP contribution >= 0.6 is 0 Å². The first-order valence-corrected chi connectivity index (χ1v) is 10.2. The van der Waals surface area contributed by atoms with Crippen molar-refractivity contribution < 1.29 is 4.79 Å². The Labute approximate surface area is 162 Å². The van der Waals surface area contributed by atoms with Crippen LogP contribution in [0.1, 0.15) is 58.1 Å². The molecule has 1 amide bonds. The minimum atomic E-state index is -0.153. The van der Waals surface area contributed by atoms with E-state index in [1.54, 1.807) is 6.20 Å². The number of H-pyrrole nitrogens is 1. The first kappa shape index (κ1) is 16.1. The Hall–Kier alpha value is -2.89. The van der Waals surface area contributed by atoms with Crippen LogP contribution in [0.2, 0.25) is 0 Å². The number of hydrogen-bond donors (Lipinski definition) is 1. The van der Waals surface area contributed by atoms with Crippen molar-refractivity contribution in [3.05, 3.63) is 62.7 Å². The summed E-state index contributed by atoms with van der Waals surface area (Å²) in [7, 11) is 0. The maximum atomic E-state index is 13.3. The molecule has 0 radical (unpaired) electrons. The third-order valence-electron chi connectivity index (χ3n) is 6.78. The molecule has 3 aromatic rings. The van der Waals surface area contributed by atoms with E-state index in [0.29, 0.717) is 30.0 Å². The summed E-state index contributed by atoms with van der Waals surface area (Å²) in [4.78, 5) is 28.2. The zero-order valence-electron chi connectivity index (χ0n) is 15.7. The molecule has 0 spiro atoms. The van der Waals surface area contributed by atoms with Crippen LogP contribution in [0, 0.1) is 0 Å². The fourth-order valence-electron chi connectivity index (χ4n) is 4.99. The zero-order chi connectivity index (χ0) is 18.8. The Kier molecular flexibility index (Phi) is 3.34. The Balaban J connectivity index is 1.38. The maximum Gasteiger partial charge on any atom is 0.259 e. The van der Waals surface area contributed by atoms with Crippen molar-refractivity contribution >= 4 is 16.8 Å². The average molecular weight is 374 g/mol. The monoisotopic (exact) mass is 374 g/mol. The van der Waals surface area contributed by atoms with E-state index in [1.807, 2.05) is 17.0 Å². The molecular weight excluding hydrogens is 352 g/mol. The van der Waals surface area contributed by atoms with Gasteiger partial charge in [-0.3, -0.25) is 14.7 Å². The van der Waals surface area contributed by atoms with Crippen LogP contribution in [-0.4, -0.2) is 32.1 Å². The standard InChI is InChI=1S/C22H22N4O2/c27-21-15-6-2-5-14-7-9-25(20(14)15)12-17(21)22(28)26-10-8-18-16(11-26)19(24-23-18)13-3-1-4-13/h2,5-6,12-13H,1,3-4,7-11H2,(H,23,24). The van der Waals surface area contributed by atoms with E-state index in [-0.39, 0.29) is 11.3 Å². The summed E-state index contributed by atoms with van der Waals surface area (Å²) >= 11 is 0. The molecule has 0 atom stereocenters. The van der Waals surface area contributed by atoms with Gasteiger partial charge in [-0.1, -0.05) is 18.6 Å². The predicted octanol–water partition coefficient (Wildman–Crippen LogP) is 2.75. The van der Waals surface area contributed by atoms with Gasteiger partial charge in [0.15, 0.2) is 0 Å². The molecule has 1 aliphatic carbocycles. The van der Waals surface area contributed by atoms with Crippen LogP contribution in [0.5, 0.6) is 0 Å². The lowest BCUT2D eigenvalue weighted by Gasteiger charge is -2.30. The predicted molar refractivity (Wildman–Crippen MR) is 106 cm³/mol. The quantitative estimate of drug-likeness (QED) is 0.750. The topological polar surface area (TPSA) is 71.0 Å². The lowest BCUT2D eigenvalue weighted by Crippen LogP contribution is -2.38. The van der Waals surface area contributed by atoms with Gasteiger partial charge in [-0.15, -0.1) is 0 Å². The van der Waals surface area contributed by atoms with Gasteiger partial charge in [-0.25, -0.2) is 0 Å². The fraction of sp³-hybridized carbons (Fsp3) is 0.409. The number of amides is 1. The highest BCUT2D eigenvalue weighted by atomic mass is 16.2. The van der Waals surface area contributed by atoms with Crippen LogP contribution in [-0.2, 0) is 25.9 Å². The largest absolute Gasteiger partial charge is 0.346 e. The number of aromatic amines is 1. The number of benzene rings is 1. The smallest absolute Gasteiger partial charge is 0.259 e. The summed E-state index contributed by atoms with van der Waals surface area (Å²) < 4.78 is 2.08. The van der Waals surface area contributed by atoms with E-state index >= 15 is 0 Å². The van der Waals surface area contributed by atoms with E-state index < -0.39 is 0 Å². The molecule has 142 valence electrons. The second kappa shape index (κ2) is 5.80. The molecule has 0 saturated heterocycles. The Bertz CT molecular complexity index is 1190. The van der Waals surface area contributed by atoms with Crippen LogP contribution in [0.3, 0.4) is 0 Å². The van der Waals surface area contributed by atoms with Crippen molar-refractivity contribution in [1.29, 1.82) is 0 Å². The number of aryl methyl sites for hydroxylation is 2.